The van der Waals surface area contributed by atoms with Crippen LogP contribution in [0.4, 0.5) is 0 Å². The van der Waals surface area contributed by atoms with Gasteiger partial charge in [0.05, 0.1) is 10.6 Å². The second-order valence-electron chi connectivity index (χ2n) is 8.15. The first kappa shape index (κ1) is 24.1. The highest BCUT2D eigenvalue weighted by atomic mass is 32.2. The summed E-state index contributed by atoms with van der Waals surface area (Å²) in [7, 11) is -3.68. The van der Waals surface area contributed by atoms with Crippen molar-refractivity contribution in [1.29, 1.82) is 0 Å². The number of piperidine rings is 1. The number of sulfonamides is 1. The molecule has 1 aromatic heterocycles. The van der Waals surface area contributed by atoms with Gasteiger partial charge in [0.25, 0.3) is 11.8 Å². The maximum Gasteiger partial charge on any atom is 0.281 e. The van der Waals surface area contributed by atoms with Gasteiger partial charge in [0, 0.05) is 24.2 Å². The Morgan fingerprint density at radius 2 is 1.62 bits per heavy atom. The zero-order valence-electron chi connectivity index (χ0n) is 19.0. The average Bonchev–Trinajstić information content (AvgIpc) is 3.25. The van der Waals surface area contributed by atoms with Crippen LogP contribution < -0.4 is 10.9 Å². The van der Waals surface area contributed by atoms with Crippen molar-refractivity contribution in [3.8, 4) is 10.6 Å². The van der Waals surface area contributed by atoms with Crippen LogP contribution in [0.25, 0.3) is 10.6 Å². The lowest BCUT2D eigenvalue weighted by Crippen LogP contribution is -2.42. The highest BCUT2D eigenvalue weighted by Crippen LogP contribution is 2.27. The maximum absolute atomic E-state index is 13.0. The number of carbonyl (C=O) groups is 2. The molecule has 1 aliphatic rings. The Balaban J connectivity index is 1.48. The van der Waals surface area contributed by atoms with E-state index in [1.165, 1.54) is 27.8 Å². The highest BCUT2D eigenvalue weighted by molar-refractivity contribution is 7.89. The van der Waals surface area contributed by atoms with Crippen LogP contribution in [-0.2, 0) is 10.0 Å². The summed E-state index contributed by atoms with van der Waals surface area (Å²) >= 11 is 1.23. The Morgan fingerprint density at radius 3 is 2.32 bits per heavy atom. The lowest BCUT2D eigenvalue weighted by atomic mass is 10.1. The van der Waals surface area contributed by atoms with Crippen LogP contribution in [0, 0.1) is 13.8 Å². The van der Waals surface area contributed by atoms with Gasteiger partial charge in [-0.1, -0.05) is 42.8 Å². The third kappa shape index (κ3) is 5.03. The van der Waals surface area contributed by atoms with Crippen molar-refractivity contribution >= 4 is 33.2 Å². The molecule has 0 unspecified atom stereocenters. The van der Waals surface area contributed by atoms with Gasteiger partial charge in [-0.05, 0) is 44.4 Å². The molecule has 178 valence electrons. The number of rotatable bonds is 5. The number of aryl methyl sites for hydroxylation is 2. The number of thiazole rings is 1. The van der Waals surface area contributed by atoms with Crippen molar-refractivity contribution in [2.75, 3.05) is 13.1 Å². The Hall–Kier alpha value is -3.08. The predicted octanol–water partition coefficient (Wildman–Crippen LogP) is 3.68. The van der Waals surface area contributed by atoms with E-state index in [0.29, 0.717) is 34.2 Å². The van der Waals surface area contributed by atoms with Crippen molar-refractivity contribution in [3.05, 3.63) is 70.2 Å². The van der Waals surface area contributed by atoms with Gasteiger partial charge in [0.15, 0.2) is 0 Å². The Kier molecular flexibility index (Phi) is 7.11. The molecular weight excluding hydrogens is 472 g/mol. The van der Waals surface area contributed by atoms with Crippen LogP contribution in [0.5, 0.6) is 0 Å². The molecule has 1 saturated heterocycles. The molecule has 8 nitrogen and oxygen atoms in total. The quantitative estimate of drug-likeness (QED) is 0.522. The second-order valence-corrected chi connectivity index (χ2v) is 11.1. The van der Waals surface area contributed by atoms with Crippen molar-refractivity contribution < 1.29 is 18.0 Å². The van der Waals surface area contributed by atoms with Crippen molar-refractivity contribution in [3.63, 3.8) is 0 Å². The first-order chi connectivity index (χ1) is 16.3. The lowest BCUT2D eigenvalue weighted by Gasteiger charge is -2.26. The summed E-state index contributed by atoms with van der Waals surface area (Å²) in [5, 5.41) is 0.709. The molecule has 1 aliphatic heterocycles. The topological polar surface area (TPSA) is 108 Å². The van der Waals surface area contributed by atoms with Gasteiger partial charge < -0.3 is 0 Å². The summed E-state index contributed by atoms with van der Waals surface area (Å²) in [6.45, 7) is 4.41. The molecule has 0 bridgehead atoms. The van der Waals surface area contributed by atoms with Crippen LogP contribution in [0.1, 0.15) is 50.5 Å². The van der Waals surface area contributed by atoms with E-state index in [4.69, 9.17) is 0 Å². The van der Waals surface area contributed by atoms with E-state index in [1.54, 1.807) is 19.9 Å². The minimum Gasteiger partial charge on any atom is -0.267 e. The van der Waals surface area contributed by atoms with E-state index in [0.717, 1.165) is 24.8 Å². The van der Waals surface area contributed by atoms with E-state index in [1.807, 2.05) is 30.3 Å². The number of amides is 2. The van der Waals surface area contributed by atoms with Gasteiger partial charge >= 0.3 is 0 Å². The Bertz CT molecular complexity index is 1310. The smallest absolute Gasteiger partial charge is 0.267 e. The number of hydrogen-bond acceptors (Lipinski definition) is 6. The van der Waals surface area contributed by atoms with Gasteiger partial charge in [-0.2, -0.15) is 4.31 Å². The minimum atomic E-state index is -3.68. The first-order valence-electron chi connectivity index (χ1n) is 11.0. The summed E-state index contributed by atoms with van der Waals surface area (Å²) in [5.41, 5.74) is 7.07. The Labute approximate surface area is 203 Å². The van der Waals surface area contributed by atoms with Crippen LogP contribution in [0.2, 0.25) is 0 Å². The SMILES string of the molecule is Cc1ccc(S(=O)(=O)N2CCCCC2)cc1C(=O)NNC(=O)c1sc(-c2ccccc2)nc1C. The van der Waals surface area contributed by atoms with Gasteiger partial charge in [-0.15, -0.1) is 11.3 Å². The highest BCUT2D eigenvalue weighted by Gasteiger charge is 2.27. The third-order valence-electron chi connectivity index (χ3n) is 5.72. The fourth-order valence-corrected chi connectivity index (χ4v) is 6.32. The maximum atomic E-state index is 13.0. The van der Waals surface area contributed by atoms with Crippen molar-refractivity contribution in [2.45, 2.75) is 38.0 Å². The second kappa shape index (κ2) is 10.0. The van der Waals surface area contributed by atoms with E-state index in [9.17, 15) is 18.0 Å². The van der Waals surface area contributed by atoms with Crippen LogP contribution >= 0.6 is 11.3 Å². The monoisotopic (exact) mass is 498 g/mol. The molecule has 0 aliphatic carbocycles. The largest absolute Gasteiger partial charge is 0.281 e. The number of nitrogens with zero attached hydrogens (tertiary/aromatic N) is 2. The van der Waals surface area contributed by atoms with Gasteiger partial charge in [-0.3, -0.25) is 20.4 Å². The average molecular weight is 499 g/mol. The molecule has 3 aromatic rings. The summed E-state index contributed by atoms with van der Waals surface area (Å²) < 4.78 is 27.5. The molecule has 0 saturated carbocycles. The number of hydrogen-bond donors (Lipinski definition) is 2. The predicted molar refractivity (Wildman–Crippen MR) is 131 cm³/mol. The molecule has 2 amide bonds. The van der Waals surface area contributed by atoms with E-state index in [2.05, 4.69) is 15.8 Å². The third-order valence-corrected chi connectivity index (χ3v) is 8.82. The van der Waals surface area contributed by atoms with E-state index < -0.39 is 21.8 Å². The molecule has 10 heteroatoms. The van der Waals surface area contributed by atoms with Gasteiger partial charge in [-0.25, -0.2) is 13.4 Å². The van der Waals surface area contributed by atoms with Crippen LogP contribution in [-0.4, -0.2) is 42.6 Å². The van der Waals surface area contributed by atoms with E-state index >= 15 is 0 Å². The molecule has 0 atom stereocenters. The van der Waals surface area contributed by atoms with Gasteiger partial charge in [0.2, 0.25) is 10.0 Å². The van der Waals surface area contributed by atoms with Gasteiger partial charge in [0.1, 0.15) is 9.88 Å². The molecule has 2 N–H and O–H groups in total. The number of nitrogens with one attached hydrogen (secondary N) is 2. The molecule has 4 rings (SSSR count). The molecule has 1 fully saturated rings. The van der Waals surface area contributed by atoms with Crippen LogP contribution in [0.3, 0.4) is 0 Å². The number of aromatic nitrogens is 1. The zero-order valence-corrected chi connectivity index (χ0v) is 20.6. The lowest BCUT2D eigenvalue weighted by molar-refractivity contribution is 0.0848. The summed E-state index contributed by atoms with van der Waals surface area (Å²) in [6, 6.07) is 14.0. The molecular formula is C24H26N4O4S2. The number of benzene rings is 2. The Morgan fingerprint density at radius 1 is 0.941 bits per heavy atom. The summed E-state index contributed by atoms with van der Waals surface area (Å²) in [5.74, 6) is -1.08. The zero-order chi connectivity index (χ0) is 24.3. The fourth-order valence-electron chi connectivity index (χ4n) is 3.81. The molecule has 0 radical (unpaired) electrons. The normalized spacial score (nSPS) is 14.5. The molecule has 0 spiro atoms. The van der Waals surface area contributed by atoms with Crippen LogP contribution in [0.15, 0.2) is 53.4 Å². The molecule has 34 heavy (non-hydrogen) atoms. The first-order valence-corrected chi connectivity index (χ1v) is 13.3. The van der Waals surface area contributed by atoms with E-state index in [-0.39, 0.29) is 10.5 Å². The number of carbonyl (C=O) groups excluding carboxylic acids is 2. The minimum absolute atomic E-state index is 0.0716. The van der Waals surface area contributed by atoms with Crippen molar-refractivity contribution in [1.82, 2.24) is 20.1 Å². The summed E-state index contributed by atoms with van der Waals surface area (Å²) in [4.78, 5) is 30.4. The molecule has 2 aromatic carbocycles. The standard InChI is InChI=1S/C24H26N4O4S2/c1-16-11-12-19(34(31,32)28-13-7-4-8-14-28)15-20(16)22(29)26-27-23(30)21-17(2)25-24(33-21)18-9-5-3-6-10-18/h3,5-6,9-12,15H,4,7-8,13-14H2,1-2H3,(H,26,29)(H,27,30). The van der Waals surface area contributed by atoms with Crippen molar-refractivity contribution in [2.24, 2.45) is 0 Å². The number of hydrazine groups is 1. The fraction of sp³-hybridized carbons (Fsp3) is 0.292. The summed E-state index contributed by atoms with van der Waals surface area (Å²) in [6.07, 6.45) is 2.67. The molecule has 2 heterocycles.